The van der Waals surface area contributed by atoms with Crippen molar-refractivity contribution in [2.24, 2.45) is 0 Å². The topological polar surface area (TPSA) is 41.6 Å². The highest BCUT2D eigenvalue weighted by atomic mass is 16.3. The third-order valence-electron chi connectivity index (χ3n) is 3.55. The molecule has 1 N–H and O–H groups in total. The Bertz CT molecular complexity index is 701. The third kappa shape index (κ3) is 3.01. The van der Waals surface area contributed by atoms with Crippen molar-refractivity contribution in [3.63, 3.8) is 0 Å². The Morgan fingerprint density at radius 1 is 1.10 bits per heavy atom. The van der Waals surface area contributed by atoms with Crippen LogP contribution in [0.5, 0.6) is 0 Å². The van der Waals surface area contributed by atoms with Gasteiger partial charge in [-0.2, -0.15) is 0 Å². The summed E-state index contributed by atoms with van der Waals surface area (Å²) in [6.45, 7) is 2.35. The normalized spacial score (nSPS) is 11.6. The minimum atomic E-state index is 0.735. The zero-order valence-corrected chi connectivity index (χ0v) is 12.4. The Morgan fingerprint density at radius 3 is 2.71 bits per heavy atom. The van der Waals surface area contributed by atoms with E-state index in [0.717, 1.165) is 36.7 Å². The van der Waals surface area contributed by atoms with Crippen molar-refractivity contribution >= 4 is 11.0 Å². The highest BCUT2D eigenvalue weighted by Gasteiger charge is 2.15. The first kappa shape index (κ1) is 13.9. The molecule has 3 aromatic rings. The lowest BCUT2D eigenvalue weighted by molar-refractivity contribution is 0.286. The number of hydrogen-bond acceptors (Lipinski definition) is 4. The highest BCUT2D eigenvalue weighted by Crippen LogP contribution is 2.27. The summed E-state index contributed by atoms with van der Waals surface area (Å²) in [6.07, 6.45) is 1.71. The van der Waals surface area contributed by atoms with Gasteiger partial charge in [0.15, 0.2) is 0 Å². The fourth-order valence-electron chi connectivity index (χ4n) is 2.62. The van der Waals surface area contributed by atoms with Gasteiger partial charge in [0.1, 0.15) is 17.1 Å². The molecule has 0 bridgehead atoms. The van der Waals surface area contributed by atoms with Crippen LogP contribution in [0.1, 0.15) is 17.1 Å². The van der Waals surface area contributed by atoms with Crippen LogP contribution in [0.25, 0.3) is 11.0 Å². The van der Waals surface area contributed by atoms with Gasteiger partial charge >= 0.3 is 0 Å². The first-order valence-corrected chi connectivity index (χ1v) is 7.12. The lowest BCUT2D eigenvalue weighted by Crippen LogP contribution is -2.18. The summed E-state index contributed by atoms with van der Waals surface area (Å²) in [6, 6.07) is 12.1. The summed E-state index contributed by atoms with van der Waals surface area (Å²) >= 11 is 0. The fraction of sp³-hybridized carbons (Fsp3) is 0.294. The number of furan rings is 2. The lowest BCUT2D eigenvalue weighted by Gasteiger charge is -2.15. The van der Waals surface area contributed by atoms with Gasteiger partial charge in [0.05, 0.1) is 19.4 Å². The van der Waals surface area contributed by atoms with E-state index in [4.69, 9.17) is 8.83 Å². The van der Waals surface area contributed by atoms with Gasteiger partial charge in [0.2, 0.25) is 0 Å². The molecular formula is C17H20N2O2. The number of nitrogens with one attached hydrogen (secondary N) is 1. The highest BCUT2D eigenvalue weighted by molar-refractivity contribution is 5.82. The zero-order valence-electron chi connectivity index (χ0n) is 12.4. The Balaban J connectivity index is 1.85. The molecule has 0 spiro atoms. The minimum absolute atomic E-state index is 0.735. The van der Waals surface area contributed by atoms with E-state index in [1.807, 2.05) is 31.3 Å². The van der Waals surface area contributed by atoms with Crippen LogP contribution < -0.4 is 5.32 Å². The van der Waals surface area contributed by atoms with E-state index in [2.05, 4.69) is 29.4 Å². The number of rotatable bonds is 6. The van der Waals surface area contributed by atoms with Crippen molar-refractivity contribution in [2.45, 2.75) is 19.6 Å². The Hall–Kier alpha value is -2.04. The quantitative estimate of drug-likeness (QED) is 0.753. The molecule has 0 amide bonds. The van der Waals surface area contributed by atoms with E-state index < -0.39 is 0 Å². The Morgan fingerprint density at radius 2 is 1.95 bits per heavy atom. The summed E-state index contributed by atoms with van der Waals surface area (Å²) in [5.41, 5.74) is 2.19. The van der Waals surface area contributed by atoms with Crippen LogP contribution >= 0.6 is 0 Å². The standard InChI is InChI=1S/C17H20N2O2/c1-18-10-17-15(14-7-3-4-8-16(14)21-17)12-19(2)11-13-6-5-9-20-13/h3-9,18H,10-12H2,1-2H3. The van der Waals surface area contributed by atoms with Gasteiger partial charge in [-0.05, 0) is 32.3 Å². The van der Waals surface area contributed by atoms with Crippen LogP contribution in [0, 0.1) is 0 Å². The molecule has 110 valence electrons. The molecule has 2 aromatic heterocycles. The van der Waals surface area contributed by atoms with Crippen molar-refractivity contribution < 1.29 is 8.83 Å². The average molecular weight is 284 g/mol. The van der Waals surface area contributed by atoms with Crippen molar-refractivity contribution in [3.8, 4) is 0 Å². The monoisotopic (exact) mass is 284 g/mol. The van der Waals surface area contributed by atoms with E-state index in [0.29, 0.717) is 0 Å². The predicted molar refractivity (Wildman–Crippen MR) is 82.9 cm³/mol. The molecule has 3 rings (SSSR count). The summed E-state index contributed by atoms with van der Waals surface area (Å²) in [4.78, 5) is 2.23. The van der Waals surface area contributed by atoms with Crippen LogP contribution in [0.4, 0.5) is 0 Å². The molecule has 0 aliphatic heterocycles. The maximum atomic E-state index is 5.96. The van der Waals surface area contributed by atoms with Crippen LogP contribution in [0.3, 0.4) is 0 Å². The lowest BCUT2D eigenvalue weighted by atomic mass is 10.1. The number of hydrogen-bond donors (Lipinski definition) is 1. The van der Waals surface area contributed by atoms with E-state index in [1.54, 1.807) is 6.26 Å². The summed E-state index contributed by atoms with van der Waals surface area (Å²) in [7, 11) is 4.02. The van der Waals surface area contributed by atoms with Crippen LogP contribution in [-0.4, -0.2) is 19.0 Å². The predicted octanol–water partition coefficient (Wildman–Crippen LogP) is 3.38. The number of para-hydroxylation sites is 1. The molecule has 0 aliphatic carbocycles. The van der Waals surface area contributed by atoms with E-state index in [-0.39, 0.29) is 0 Å². The van der Waals surface area contributed by atoms with Crippen LogP contribution in [0.15, 0.2) is 51.5 Å². The molecule has 4 heteroatoms. The van der Waals surface area contributed by atoms with Crippen molar-refractivity contribution in [1.82, 2.24) is 10.2 Å². The molecule has 0 saturated carbocycles. The van der Waals surface area contributed by atoms with E-state index in [9.17, 15) is 0 Å². The largest absolute Gasteiger partial charge is 0.468 e. The second kappa shape index (κ2) is 6.16. The number of nitrogens with zero attached hydrogens (tertiary/aromatic N) is 1. The number of fused-ring (bicyclic) bond motifs is 1. The van der Waals surface area contributed by atoms with Crippen LogP contribution in [-0.2, 0) is 19.6 Å². The molecule has 0 unspecified atom stereocenters. The Kier molecular flexibility index (Phi) is 4.08. The summed E-state index contributed by atoms with van der Waals surface area (Å²) < 4.78 is 11.4. The van der Waals surface area contributed by atoms with E-state index in [1.165, 1.54) is 10.9 Å². The van der Waals surface area contributed by atoms with Gasteiger partial charge in [-0.3, -0.25) is 4.90 Å². The SMILES string of the molecule is CNCc1oc2ccccc2c1CN(C)Cc1ccco1. The smallest absolute Gasteiger partial charge is 0.134 e. The minimum Gasteiger partial charge on any atom is -0.468 e. The Labute approximate surface area is 124 Å². The molecule has 0 fully saturated rings. The molecule has 4 nitrogen and oxygen atoms in total. The second-order valence-electron chi connectivity index (χ2n) is 5.28. The molecule has 2 heterocycles. The second-order valence-corrected chi connectivity index (χ2v) is 5.28. The number of benzene rings is 1. The molecule has 21 heavy (non-hydrogen) atoms. The van der Waals surface area contributed by atoms with Gasteiger partial charge in [-0.15, -0.1) is 0 Å². The summed E-state index contributed by atoms with van der Waals surface area (Å²) in [5.74, 6) is 1.98. The van der Waals surface area contributed by atoms with Crippen molar-refractivity contribution in [1.29, 1.82) is 0 Å². The van der Waals surface area contributed by atoms with E-state index >= 15 is 0 Å². The van der Waals surface area contributed by atoms with Crippen molar-refractivity contribution in [3.05, 3.63) is 59.7 Å². The first-order valence-electron chi connectivity index (χ1n) is 7.12. The van der Waals surface area contributed by atoms with Gasteiger partial charge in [0.25, 0.3) is 0 Å². The van der Waals surface area contributed by atoms with Gasteiger partial charge in [-0.25, -0.2) is 0 Å². The maximum Gasteiger partial charge on any atom is 0.134 e. The zero-order chi connectivity index (χ0) is 14.7. The maximum absolute atomic E-state index is 5.96. The van der Waals surface area contributed by atoms with Gasteiger partial charge in [-0.1, -0.05) is 18.2 Å². The molecular weight excluding hydrogens is 264 g/mol. The molecule has 0 aliphatic rings. The molecule has 0 radical (unpaired) electrons. The average Bonchev–Trinajstić information content (AvgIpc) is 3.08. The summed E-state index contributed by atoms with van der Waals surface area (Å²) in [5, 5.41) is 4.36. The first-order chi connectivity index (χ1) is 10.3. The molecule has 1 aromatic carbocycles. The van der Waals surface area contributed by atoms with Crippen molar-refractivity contribution in [2.75, 3.05) is 14.1 Å². The van der Waals surface area contributed by atoms with Crippen LogP contribution in [0.2, 0.25) is 0 Å². The van der Waals surface area contributed by atoms with Gasteiger partial charge in [0, 0.05) is 17.5 Å². The van der Waals surface area contributed by atoms with Gasteiger partial charge < -0.3 is 14.2 Å². The fourth-order valence-corrected chi connectivity index (χ4v) is 2.62. The molecule has 0 saturated heterocycles. The third-order valence-corrected chi connectivity index (χ3v) is 3.55. The molecule has 0 atom stereocenters.